The predicted molar refractivity (Wildman–Crippen MR) is 174 cm³/mol. The van der Waals surface area contributed by atoms with E-state index in [1.165, 1.54) is 20.1 Å². The van der Waals surface area contributed by atoms with Crippen molar-refractivity contribution in [2.45, 2.75) is 57.9 Å². The van der Waals surface area contributed by atoms with Gasteiger partial charge in [-0.1, -0.05) is 36.4 Å². The van der Waals surface area contributed by atoms with Gasteiger partial charge in [0.25, 0.3) is 0 Å². The highest BCUT2D eigenvalue weighted by atomic mass is 16.6. The van der Waals surface area contributed by atoms with E-state index in [0.717, 1.165) is 50.1 Å². The van der Waals surface area contributed by atoms with Gasteiger partial charge in [0, 0.05) is 47.8 Å². The third kappa shape index (κ3) is 6.32. The average molecular weight is 642 g/mol. The molecule has 246 valence electrons. The lowest BCUT2D eigenvalue weighted by Crippen LogP contribution is -2.22. The third-order valence-electron chi connectivity index (χ3n) is 9.05. The standard InChI is InChI=1S/C37H39NO9/c1-20(23-6-4-5-22(11-23)17-39)38-16-25-13-32(43)33(44-3)15-30(25)37-31(18-45-21(2)41)29-10-9-27-28(36(29)47-37)8-7-24-12-26(42)14-34(35(24)27)46-19-40/h4-6,9-15,20,31,37-40,42-43H,7-8,16-19H2,1-3H3/t20-,31+,37+/m1/s1. The lowest BCUT2D eigenvalue weighted by Gasteiger charge is -2.25. The van der Waals surface area contributed by atoms with Crippen LogP contribution in [0.5, 0.6) is 28.7 Å². The fourth-order valence-electron chi connectivity index (χ4n) is 6.75. The normalized spacial score (nSPS) is 16.8. The van der Waals surface area contributed by atoms with Gasteiger partial charge in [-0.3, -0.25) is 4.79 Å². The van der Waals surface area contributed by atoms with Crippen LogP contribution in [0.15, 0.2) is 60.7 Å². The second kappa shape index (κ2) is 13.5. The van der Waals surface area contributed by atoms with Crippen LogP contribution < -0.4 is 19.5 Å². The summed E-state index contributed by atoms with van der Waals surface area (Å²) in [5.74, 6) is 0.651. The monoisotopic (exact) mass is 641 g/mol. The zero-order valence-corrected chi connectivity index (χ0v) is 26.6. The first kappa shape index (κ1) is 32.2. The molecule has 4 aromatic rings. The maximum Gasteiger partial charge on any atom is 0.302 e. The fourth-order valence-corrected chi connectivity index (χ4v) is 6.75. The van der Waals surface area contributed by atoms with Gasteiger partial charge in [-0.25, -0.2) is 0 Å². The number of rotatable bonds is 11. The summed E-state index contributed by atoms with van der Waals surface area (Å²) in [6, 6.07) is 18.3. The first-order valence-corrected chi connectivity index (χ1v) is 15.6. The van der Waals surface area contributed by atoms with Gasteiger partial charge in [0.1, 0.15) is 30.0 Å². The number of phenolic OH excluding ortho intramolecular Hbond substituents is 2. The zero-order chi connectivity index (χ0) is 33.2. The van der Waals surface area contributed by atoms with Gasteiger partial charge < -0.3 is 44.7 Å². The van der Waals surface area contributed by atoms with Gasteiger partial charge in [0.15, 0.2) is 18.3 Å². The number of ether oxygens (including phenoxy) is 4. The molecule has 0 saturated heterocycles. The van der Waals surface area contributed by atoms with Gasteiger partial charge in [0.2, 0.25) is 0 Å². The van der Waals surface area contributed by atoms with Gasteiger partial charge in [-0.15, -0.1) is 0 Å². The molecule has 10 nitrogen and oxygen atoms in total. The second-order valence-electron chi connectivity index (χ2n) is 11.9. The van der Waals surface area contributed by atoms with Crippen LogP contribution in [0.1, 0.15) is 70.9 Å². The number of carbonyl (C=O) groups excluding carboxylic acids is 1. The molecule has 0 aromatic heterocycles. The van der Waals surface area contributed by atoms with Crippen LogP contribution >= 0.6 is 0 Å². The Morgan fingerprint density at radius 3 is 2.60 bits per heavy atom. The highest BCUT2D eigenvalue weighted by molar-refractivity contribution is 5.82. The summed E-state index contributed by atoms with van der Waals surface area (Å²) in [6.07, 6.45) is 0.678. The summed E-state index contributed by atoms with van der Waals surface area (Å²) in [6.45, 7) is 3.28. The molecule has 3 atom stereocenters. The Hall–Kier alpha value is -4.77. The van der Waals surface area contributed by atoms with Crippen molar-refractivity contribution in [1.82, 2.24) is 5.32 Å². The number of hydrogen-bond donors (Lipinski definition) is 5. The number of carbonyl (C=O) groups is 1. The number of fused-ring (bicyclic) bond motifs is 5. The van der Waals surface area contributed by atoms with Crippen molar-refractivity contribution in [1.29, 1.82) is 0 Å². The minimum Gasteiger partial charge on any atom is -0.508 e. The van der Waals surface area contributed by atoms with E-state index in [1.54, 1.807) is 18.2 Å². The first-order valence-electron chi connectivity index (χ1n) is 15.6. The SMILES string of the molecule is COc1cc([C@@H]2Oc3c(ccc4c3CCc3cc(O)cc(OCO)c3-4)[C@@H]2COC(C)=O)c(CN[C@H](C)c2cccc(CO)c2)cc1O. The Kier molecular flexibility index (Phi) is 9.26. The zero-order valence-electron chi connectivity index (χ0n) is 26.6. The van der Waals surface area contributed by atoms with Crippen molar-refractivity contribution in [2.24, 2.45) is 0 Å². The van der Waals surface area contributed by atoms with Gasteiger partial charge in [-0.2, -0.15) is 0 Å². The van der Waals surface area contributed by atoms with E-state index in [2.05, 4.69) is 5.32 Å². The van der Waals surface area contributed by atoms with E-state index in [0.29, 0.717) is 36.6 Å². The van der Waals surface area contributed by atoms with Gasteiger partial charge in [0.05, 0.1) is 19.6 Å². The van der Waals surface area contributed by atoms with Crippen LogP contribution in [-0.2, 0) is 35.5 Å². The number of aryl methyl sites for hydroxylation is 1. The lowest BCUT2D eigenvalue weighted by atomic mass is 9.81. The summed E-state index contributed by atoms with van der Waals surface area (Å²) in [7, 11) is 1.49. The van der Waals surface area contributed by atoms with Crippen LogP contribution in [0.3, 0.4) is 0 Å². The molecule has 47 heavy (non-hydrogen) atoms. The largest absolute Gasteiger partial charge is 0.508 e. The number of aliphatic hydroxyl groups excluding tert-OH is 2. The minimum atomic E-state index is -0.579. The van der Waals surface area contributed by atoms with Crippen LogP contribution in [-0.4, -0.2) is 46.9 Å². The molecule has 6 rings (SSSR count). The number of methoxy groups -OCH3 is 1. The topological polar surface area (TPSA) is 147 Å². The number of nitrogens with one attached hydrogen (secondary N) is 1. The second-order valence-corrected chi connectivity index (χ2v) is 11.9. The highest BCUT2D eigenvalue weighted by Crippen LogP contribution is 2.54. The van der Waals surface area contributed by atoms with Crippen molar-refractivity contribution in [3.05, 3.63) is 99.6 Å². The molecule has 1 heterocycles. The molecule has 0 saturated carbocycles. The Bertz CT molecular complexity index is 1800. The maximum atomic E-state index is 12.0. The fraction of sp³-hybridized carbons (Fsp3) is 0.324. The molecule has 0 bridgehead atoms. The van der Waals surface area contributed by atoms with Crippen LogP contribution in [0.2, 0.25) is 0 Å². The molecule has 1 aliphatic heterocycles. The molecule has 5 N–H and O–H groups in total. The summed E-state index contributed by atoms with van der Waals surface area (Å²) in [5.41, 5.74) is 7.82. The lowest BCUT2D eigenvalue weighted by molar-refractivity contribution is -0.141. The molecule has 1 aliphatic carbocycles. The third-order valence-corrected chi connectivity index (χ3v) is 9.05. The summed E-state index contributed by atoms with van der Waals surface area (Å²) in [5, 5.41) is 43.8. The molecule has 2 aliphatic rings. The molecule has 0 spiro atoms. The number of aromatic hydroxyl groups is 2. The Morgan fingerprint density at radius 1 is 1.02 bits per heavy atom. The van der Waals surface area contributed by atoms with E-state index in [9.17, 15) is 25.2 Å². The number of esters is 1. The van der Waals surface area contributed by atoms with E-state index in [4.69, 9.17) is 18.9 Å². The van der Waals surface area contributed by atoms with Gasteiger partial charge in [-0.05, 0) is 65.8 Å². The molecular formula is C37H39NO9. The molecule has 0 radical (unpaired) electrons. The van der Waals surface area contributed by atoms with Crippen molar-refractivity contribution in [2.75, 3.05) is 20.5 Å². The summed E-state index contributed by atoms with van der Waals surface area (Å²) in [4.78, 5) is 12.0. The van der Waals surface area contributed by atoms with Crippen molar-refractivity contribution in [3.8, 4) is 39.9 Å². The predicted octanol–water partition coefficient (Wildman–Crippen LogP) is 5.32. The van der Waals surface area contributed by atoms with E-state index in [1.807, 2.05) is 43.3 Å². The Labute approximate surface area is 273 Å². The number of hydrogen-bond acceptors (Lipinski definition) is 10. The van der Waals surface area contributed by atoms with E-state index >= 15 is 0 Å². The van der Waals surface area contributed by atoms with E-state index in [-0.39, 0.29) is 36.7 Å². The minimum absolute atomic E-state index is 0.0105. The van der Waals surface area contributed by atoms with Crippen molar-refractivity contribution >= 4 is 5.97 Å². The number of phenols is 2. The molecular weight excluding hydrogens is 602 g/mol. The summed E-state index contributed by atoms with van der Waals surface area (Å²) >= 11 is 0. The Balaban J connectivity index is 1.40. The Morgan fingerprint density at radius 2 is 1.85 bits per heavy atom. The van der Waals surface area contributed by atoms with Crippen LogP contribution in [0, 0.1) is 0 Å². The number of benzene rings is 4. The highest BCUT2D eigenvalue weighted by Gasteiger charge is 2.41. The van der Waals surface area contributed by atoms with Crippen LogP contribution in [0.25, 0.3) is 11.1 Å². The first-order chi connectivity index (χ1) is 22.7. The van der Waals surface area contributed by atoms with Gasteiger partial charge >= 0.3 is 5.97 Å². The molecule has 0 amide bonds. The van der Waals surface area contributed by atoms with Crippen LogP contribution in [0.4, 0.5) is 0 Å². The number of aliphatic hydroxyl groups is 2. The molecule has 4 aromatic carbocycles. The van der Waals surface area contributed by atoms with Crippen molar-refractivity contribution < 1.29 is 44.2 Å². The molecule has 0 unspecified atom stereocenters. The molecule has 0 fully saturated rings. The quantitative estimate of drug-likeness (QED) is 0.108. The average Bonchev–Trinajstić information content (AvgIpc) is 3.44. The smallest absolute Gasteiger partial charge is 0.302 e. The molecule has 10 heteroatoms. The maximum absolute atomic E-state index is 12.0. The summed E-state index contributed by atoms with van der Waals surface area (Å²) < 4.78 is 23.5. The van der Waals surface area contributed by atoms with E-state index < -0.39 is 18.9 Å². The van der Waals surface area contributed by atoms with Crippen molar-refractivity contribution in [3.63, 3.8) is 0 Å².